The first-order valence-electron chi connectivity index (χ1n) is 9.52. The molecule has 1 fully saturated rings. The lowest BCUT2D eigenvalue weighted by molar-refractivity contribution is -0.121. The molecular weight excluding hydrogens is 338 g/mol. The van der Waals surface area contributed by atoms with Crippen molar-refractivity contribution in [3.8, 4) is 11.1 Å². The van der Waals surface area contributed by atoms with E-state index in [1.807, 2.05) is 32.2 Å². The summed E-state index contributed by atoms with van der Waals surface area (Å²) in [6, 6.07) is 8.14. The van der Waals surface area contributed by atoms with Crippen molar-refractivity contribution in [3.05, 3.63) is 36.0 Å². The molecule has 1 aliphatic rings. The van der Waals surface area contributed by atoms with Crippen LogP contribution in [-0.4, -0.2) is 61.0 Å². The van der Waals surface area contributed by atoms with E-state index in [2.05, 4.69) is 40.9 Å². The van der Waals surface area contributed by atoms with Crippen LogP contribution in [0.25, 0.3) is 11.1 Å². The highest BCUT2D eigenvalue weighted by atomic mass is 16.2. The Morgan fingerprint density at radius 1 is 1.11 bits per heavy atom. The fourth-order valence-electron chi connectivity index (χ4n) is 3.34. The molecule has 144 valence electrons. The largest absolute Gasteiger partial charge is 0.338 e. The third-order valence-electron chi connectivity index (χ3n) is 5.12. The zero-order chi connectivity index (χ0) is 19.6. The quantitative estimate of drug-likeness (QED) is 0.832. The molecule has 27 heavy (non-hydrogen) atoms. The molecule has 0 aliphatic carbocycles. The minimum atomic E-state index is -0.0956. The number of piperazine rings is 1. The van der Waals surface area contributed by atoms with Crippen LogP contribution in [-0.2, 0) is 4.79 Å². The summed E-state index contributed by atoms with van der Waals surface area (Å²) in [5.74, 6) is 1.32. The first-order chi connectivity index (χ1) is 12.9. The number of aryl methyl sites for hydroxylation is 1. The van der Waals surface area contributed by atoms with Crippen LogP contribution >= 0.6 is 0 Å². The van der Waals surface area contributed by atoms with E-state index in [0.717, 1.165) is 42.9 Å². The Balaban J connectivity index is 2.05. The Morgan fingerprint density at radius 3 is 2.41 bits per heavy atom. The van der Waals surface area contributed by atoms with Gasteiger partial charge in [0, 0.05) is 50.9 Å². The second-order valence-electron chi connectivity index (χ2n) is 7.56. The average molecular weight is 367 g/mol. The van der Waals surface area contributed by atoms with Crippen molar-refractivity contribution in [3.63, 3.8) is 0 Å². The number of carbonyl (C=O) groups is 1. The molecule has 1 saturated heterocycles. The summed E-state index contributed by atoms with van der Waals surface area (Å²) in [5.41, 5.74) is 3.09. The van der Waals surface area contributed by atoms with Crippen LogP contribution < -0.4 is 9.80 Å². The second kappa shape index (κ2) is 8.05. The maximum Gasteiger partial charge on any atom is 0.230 e. The van der Waals surface area contributed by atoms with Crippen molar-refractivity contribution >= 4 is 17.7 Å². The van der Waals surface area contributed by atoms with Gasteiger partial charge in [0.25, 0.3) is 0 Å². The third kappa shape index (κ3) is 4.11. The van der Waals surface area contributed by atoms with Gasteiger partial charge in [-0.1, -0.05) is 38.1 Å². The van der Waals surface area contributed by atoms with Gasteiger partial charge < -0.3 is 9.80 Å². The molecule has 0 radical (unpaired) electrons. The Hall–Kier alpha value is -2.47. The smallest absolute Gasteiger partial charge is 0.230 e. The van der Waals surface area contributed by atoms with Gasteiger partial charge in [-0.15, -0.1) is 0 Å². The van der Waals surface area contributed by atoms with Gasteiger partial charge in [0.2, 0.25) is 11.9 Å². The second-order valence-corrected chi connectivity index (χ2v) is 7.56. The number of benzene rings is 1. The number of likely N-dealkylation sites (N-methyl/N-ethyl adjacent to an activating group) is 1. The molecule has 2 aromatic rings. The number of amides is 1. The molecular formula is C21H29N5O. The molecule has 0 bridgehead atoms. The Morgan fingerprint density at radius 2 is 1.78 bits per heavy atom. The average Bonchev–Trinajstić information content (AvgIpc) is 2.67. The highest BCUT2D eigenvalue weighted by molar-refractivity contribution is 5.97. The van der Waals surface area contributed by atoms with Crippen molar-refractivity contribution in [1.29, 1.82) is 0 Å². The summed E-state index contributed by atoms with van der Waals surface area (Å²) in [4.78, 5) is 28.3. The number of anilines is 2. The lowest BCUT2D eigenvalue weighted by Crippen LogP contribution is -2.45. The Labute approximate surface area is 161 Å². The molecule has 1 aliphatic heterocycles. The Kier molecular flexibility index (Phi) is 5.75. The van der Waals surface area contributed by atoms with Crippen molar-refractivity contribution in [2.75, 3.05) is 50.1 Å². The van der Waals surface area contributed by atoms with E-state index >= 15 is 0 Å². The van der Waals surface area contributed by atoms with E-state index < -0.39 is 0 Å². The summed E-state index contributed by atoms with van der Waals surface area (Å²) in [6.07, 6.45) is 1.86. The molecule has 6 nitrogen and oxygen atoms in total. The third-order valence-corrected chi connectivity index (χ3v) is 5.12. The summed E-state index contributed by atoms with van der Waals surface area (Å²) in [5, 5.41) is 0. The predicted octanol–water partition coefficient (Wildman–Crippen LogP) is 2.82. The summed E-state index contributed by atoms with van der Waals surface area (Å²) in [7, 11) is 3.93. The SMILES string of the molecule is Cc1ccccc1-c1cnc(N2CCN(C)CC2)nc1N(C)C(=O)C(C)C. The topological polar surface area (TPSA) is 52.6 Å². The zero-order valence-corrected chi connectivity index (χ0v) is 16.9. The van der Waals surface area contributed by atoms with E-state index in [1.165, 1.54) is 0 Å². The number of carbonyl (C=O) groups excluding carboxylic acids is 1. The van der Waals surface area contributed by atoms with Crippen LogP contribution in [0, 0.1) is 12.8 Å². The minimum absolute atomic E-state index is 0.0489. The number of hydrogen-bond donors (Lipinski definition) is 0. The maximum atomic E-state index is 12.7. The number of aromatic nitrogens is 2. The fourth-order valence-corrected chi connectivity index (χ4v) is 3.34. The molecule has 0 saturated carbocycles. The van der Waals surface area contributed by atoms with Crippen LogP contribution in [0.3, 0.4) is 0 Å². The first kappa shape index (κ1) is 19.3. The van der Waals surface area contributed by atoms with Crippen LogP contribution in [0.2, 0.25) is 0 Å². The van der Waals surface area contributed by atoms with Gasteiger partial charge in [-0.25, -0.2) is 4.98 Å². The molecule has 0 atom stereocenters. The van der Waals surface area contributed by atoms with Gasteiger partial charge in [0.05, 0.1) is 0 Å². The van der Waals surface area contributed by atoms with Crippen molar-refractivity contribution in [2.24, 2.45) is 5.92 Å². The van der Waals surface area contributed by atoms with Gasteiger partial charge in [-0.05, 0) is 25.1 Å². The zero-order valence-electron chi connectivity index (χ0n) is 16.9. The highest BCUT2D eigenvalue weighted by Gasteiger charge is 2.24. The van der Waals surface area contributed by atoms with Crippen molar-refractivity contribution in [2.45, 2.75) is 20.8 Å². The number of hydrogen-bond acceptors (Lipinski definition) is 5. The van der Waals surface area contributed by atoms with E-state index in [9.17, 15) is 4.79 Å². The predicted molar refractivity (Wildman–Crippen MR) is 110 cm³/mol. The summed E-state index contributed by atoms with van der Waals surface area (Å²) >= 11 is 0. The molecule has 1 amide bonds. The van der Waals surface area contributed by atoms with Gasteiger partial charge >= 0.3 is 0 Å². The van der Waals surface area contributed by atoms with E-state index in [0.29, 0.717) is 11.8 Å². The number of rotatable bonds is 4. The van der Waals surface area contributed by atoms with E-state index in [1.54, 1.807) is 11.9 Å². The van der Waals surface area contributed by atoms with Gasteiger partial charge in [0.15, 0.2) is 0 Å². The van der Waals surface area contributed by atoms with E-state index in [-0.39, 0.29) is 11.8 Å². The molecule has 2 heterocycles. The Bertz CT molecular complexity index is 812. The lowest BCUT2D eigenvalue weighted by Gasteiger charge is -2.33. The molecule has 1 aromatic carbocycles. The first-order valence-corrected chi connectivity index (χ1v) is 9.52. The fraction of sp³-hybridized carbons (Fsp3) is 0.476. The molecule has 6 heteroatoms. The summed E-state index contributed by atoms with van der Waals surface area (Å²) < 4.78 is 0. The lowest BCUT2D eigenvalue weighted by atomic mass is 10.0. The van der Waals surface area contributed by atoms with Crippen molar-refractivity contribution in [1.82, 2.24) is 14.9 Å². The van der Waals surface area contributed by atoms with Gasteiger partial charge in [0.1, 0.15) is 5.82 Å². The molecule has 3 rings (SSSR count). The number of nitrogens with zero attached hydrogens (tertiary/aromatic N) is 5. The molecule has 1 aromatic heterocycles. The minimum Gasteiger partial charge on any atom is -0.338 e. The molecule has 0 spiro atoms. The monoisotopic (exact) mass is 367 g/mol. The standard InChI is InChI=1S/C21H29N5O/c1-15(2)20(27)25(5)19-18(17-9-7-6-8-16(17)3)14-22-21(23-19)26-12-10-24(4)11-13-26/h6-9,14-15H,10-13H2,1-5H3. The molecule has 0 N–H and O–H groups in total. The summed E-state index contributed by atoms with van der Waals surface area (Å²) in [6.45, 7) is 9.64. The van der Waals surface area contributed by atoms with Crippen molar-refractivity contribution < 1.29 is 4.79 Å². The van der Waals surface area contributed by atoms with Crippen LogP contribution in [0.4, 0.5) is 11.8 Å². The van der Waals surface area contributed by atoms with Crippen LogP contribution in [0.15, 0.2) is 30.5 Å². The highest BCUT2D eigenvalue weighted by Crippen LogP contribution is 2.32. The molecule has 0 unspecified atom stereocenters. The van der Waals surface area contributed by atoms with Gasteiger partial charge in [-0.3, -0.25) is 9.69 Å². The van der Waals surface area contributed by atoms with Crippen LogP contribution in [0.5, 0.6) is 0 Å². The van der Waals surface area contributed by atoms with E-state index in [4.69, 9.17) is 4.98 Å². The maximum absolute atomic E-state index is 12.7. The van der Waals surface area contributed by atoms with Crippen LogP contribution in [0.1, 0.15) is 19.4 Å². The normalized spacial score (nSPS) is 15.3. The van der Waals surface area contributed by atoms with Gasteiger partial charge in [-0.2, -0.15) is 4.98 Å².